The van der Waals surface area contributed by atoms with Gasteiger partial charge in [-0.2, -0.15) is 0 Å². The predicted molar refractivity (Wildman–Crippen MR) is 78.0 cm³/mol. The van der Waals surface area contributed by atoms with E-state index in [9.17, 15) is 14.7 Å². The molecule has 1 aliphatic rings. The zero-order chi connectivity index (χ0) is 15.5. The van der Waals surface area contributed by atoms with Gasteiger partial charge in [0.15, 0.2) is 0 Å². The Morgan fingerprint density at radius 2 is 1.64 bits per heavy atom. The highest BCUT2D eigenvalue weighted by atomic mass is 16.3. The van der Waals surface area contributed by atoms with Gasteiger partial charge in [-0.25, -0.2) is 4.98 Å². The van der Waals surface area contributed by atoms with E-state index in [1.165, 1.54) is 6.20 Å². The third-order valence-electron chi connectivity index (χ3n) is 3.56. The number of aromatic amines is 1. The van der Waals surface area contributed by atoms with Crippen molar-refractivity contribution in [3.05, 3.63) is 47.9 Å². The largest absolute Gasteiger partial charge is 0.493 e. The Kier molecular flexibility index (Phi) is 3.78. The van der Waals surface area contributed by atoms with Crippen molar-refractivity contribution < 1.29 is 14.7 Å². The van der Waals surface area contributed by atoms with Gasteiger partial charge in [-0.05, 0) is 5.56 Å². The van der Waals surface area contributed by atoms with E-state index < -0.39 is 12.1 Å². The van der Waals surface area contributed by atoms with Crippen LogP contribution in [0.5, 0.6) is 5.88 Å². The van der Waals surface area contributed by atoms with Crippen LogP contribution < -0.4 is 10.6 Å². The molecule has 4 N–H and O–H groups in total. The number of imidazole rings is 1. The van der Waals surface area contributed by atoms with Crippen molar-refractivity contribution in [2.24, 2.45) is 0 Å². The van der Waals surface area contributed by atoms with Crippen molar-refractivity contribution in [3.63, 3.8) is 0 Å². The van der Waals surface area contributed by atoms with Crippen LogP contribution in [0.25, 0.3) is 0 Å². The normalized spacial score (nSPS) is 21.3. The molecule has 2 amide bonds. The van der Waals surface area contributed by atoms with Crippen LogP contribution in [0.15, 0.2) is 36.5 Å². The monoisotopic (exact) mass is 300 g/mol. The van der Waals surface area contributed by atoms with Gasteiger partial charge in [0, 0.05) is 12.8 Å². The fourth-order valence-corrected chi connectivity index (χ4v) is 2.46. The number of rotatable bonds is 4. The second-order valence-electron chi connectivity index (χ2n) is 5.23. The van der Waals surface area contributed by atoms with Crippen LogP contribution in [0, 0.1) is 0 Å². The molecule has 2 aromatic rings. The van der Waals surface area contributed by atoms with Crippen LogP contribution in [0.3, 0.4) is 0 Å². The summed E-state index contributed by atoms with van der Waals surface area (Å²) in [6, 6.07) is 8.25. The molecule has 0 spiro atoms. The zero-order valence-corrected chi connectivity index (χ0v) is 11.7. The molecule has 114 valence electrons. The minimum atomic E-state index is -0.690. The molecule has 0 bridgehead atoms. The van der Waals surface area contributed by atoms with Gasteiger partial charge in [0.25, 0.3) is 0 Å². The third-order valence-corrected chi connectivity index (χ3v) is 3.56. The zero-order valence-electron chi connectivity index (χ0n) is 11.7. The van der Waals surface area contributed by atoms with Gasteiger partial charge in [-0.15, -0.1) is 0 Å². The first-order valence-electron chi connectivity index (χ1n) is 6.99. The van der Waals surface area contributed by atoms with Gasteiger partial charge >= 0.3 is 0 Å². The fourth-order valence-electron chi connectivity index (χ4n) is 2.46. The standard InChI is InChI=1S/C15H16N4O3/c20-13-8-16-12(19-13)7-11-15(22)17-10(14(21)18-11)6-9-4-2-1-3-5-9/h1-5,8,10-11,20H,6-7H2,(H,16,19)(H,17,22)(H,18,21)/t10-,11-/m0/s1. The quantitative estimate of drug-likeness (QED) is 0.631. The summed E-state index contributed by atoms with van der Waals surface area (Å²) in [5.41, 5.74) is 0.984. The SMILES string of the molecule is O=C1N[C@@H](Cc2ncc(O)[nH]2)C(=O)N[C@H]1Cc1ccccc1. The van der Waals surface area contributed by atoms with Gasteiger partial charge < -0.3 is 20.7 Å². The summed E-state index contributed by atoms with van der Waals surface area (Å²) < 4.78 is 0. The van der Waals surface area contributed by atoms with E-state index in [1.807, 2.05) is 30.3 Å². The first-order chi connectivity index (χ1) is 10.6. The van der Waals surface area contributed by atoms with Crippen molar-refractivity contribution in [3.8, 4) is 5.88 Å². The maximum Gasteiger partial charge on any atom is 0.243 e. The number of nitrogens with one attached hydrogen (secondary N) is 3. The molecule has 7 heteroatoms. The topological polar surface area (TPSA) is 107 Å². The molecule has 0 radical (unpaired) electrons. The van der Waals surface area contributed by atoms with Crippen molar-refractivity contribution in [1.29, 1.82) is 0 Å². The summed E-state index contributed by atoms with van der Waals surface area (Å²) >= 11 is 0. The lowest BCUT2D eigenvalue weighted by atomic mass is 10.0. The summed E-state index contributed by atoms with van der Waals surface area (Å²) in [5, 5.41) is 14.6. The second kappa shape index (κ2) is 5.88. The van der Waals surface area contributed by atoms with Gasteiger partial charge in [-0.3, -0.25) is 9.59 Å². The molecule has 3 rings (SSSR count). The van der Waals surface area contributed by atoms with Crippen molar-refractivity contribution >= 4 is 11.8 Å². The lowest BCUT2D eigenvalue weighted by Crippen LogP contribution is -2.62. The Morgan fingerprint density at radius 1 is 1.00 bits per heavy atom. The van der Waals surface area contributed by atoms with Crippen LogP contribution in [-0.4, -0.2) is 39.0 Å². The first kappa shape index (κ1) is 14.1. The number of piperazine rings is 1. The van der Waals surface area contributed by atoms with E-state index in [2.05, 4.69) is 20.6 Å². The summed E-state index contributed by atoms with van der Waals surface area (Å²) in [7, 11) is 0. The number of carbonyl (C=O) groups excluding carboxylic acids is 2. The molecule has 2 heterocycles. The Labute approximate surface area is 126 Å². The number of H-pyrrole nitrogens is 1. The average Bonchev–Trinajstić information content (AvgIpc) is 2.91. The van der Waals surface area contributed by atoms with Gasteiger partial charge in [0.2, 0.25) is 17.7 Å². The molecule has 1 aliphatic heterocycles. The number of aromatic nitrogens is 2. The molecule has 22 heavy (non-hydrogen) atoms. The van der Waals surface area contributed by atoms with Crippen LogP contribution in [0.2, 0.25) is 0 Å². The molecule has 0 aliphatic carbocycles. The number of benzene rings is 1. The van der Waals surface area contributed by atoms with E-state index in [-0.39, 0.29) is 24.1 Å². The molecule has 1 fully saturated rings. The number of hydrogen-bond acceptors (Lipinski definition) is 4. The van der Waals surface area contributed by atoms with Gasteiger partial charge in [0.05, 0.1) is 6.20 Å². The molecule has 7 nitrogen and oxygen atoms in total. The lowest BCUT2D eigenvalue weighted by molar-refractivity contribution is -0.136. The van der Waals surface area contributed by atoms with E-state index in [0.29, 0.717) is 12.2 Å². The summed E-state index contributed by atoms with van der Waals surface area (Å²) in [4.78, 5) is 30.8. The van der Waals surface area contributed by atoms with Crippen molar-refractivity contribution in [2.75, 3.05) is 0 Å². The molecule has 1 saturated heterocycles. The highest BCUT2D eigenvalue weighted by molar-refractivity contribution is 5.97. The van der Waals surface area contributed by atoms with Crippen LogP contribution >= 0.6 is 0 Å². The first-order valence-corrected chi connectivity index (χ1v) is 6.99. The molecular weight excluding hydrogens is 284 g/mol. The predicted octanol–water partition coefficient (Wildman–Crippen LogP) is -0.116. The second-order valence-corrected chi connectivity index (χ2v) is 5.23. The molecule has 0 unspecified atom stereocenters. The van der Waals surface area contributed by atoms with Crippen molar-refractivity contribution in [2.45, 2.75) is 24.9 Å². The number of carbonyl (C=O) groups is 2. The Balaban J connectivity index is 1.64. The summed E-state index contributed by atoms with van der Waals surface area (Å²) in [6.07, 6.45) is 1.92. The van der Waals surface area contributed by atoms with Crippen LogP contribution in [0.1, 0.15) is 11.4 Å². The van der Waals surface area contributed by atoms with Crippen LogP contribution in [-0.2, 0) is 22.4 Å². The fraction of sp³-hybridized carbons (Fsp3) is 0.267. The van der Waals surface area contributed by atoms with Crippen molar-refractivity contribution in [1.82, 2.24) is 20.6 Å². The van der Waals surface area contributed by atoms with E-state index in [1.54, 1.807) is 0 Å². The van der Waals surface area contributed by atoms with E-state index in [4.69, 9.17) is 0 Å². The number of amides is 2. The van der Waals surface area contributed by atoms with Gasteiger partial charge in [0.1, 0.15) is 17.9 Å². The molecule has 1 aromatic carbocycles. The maximum atomic E-state index is 12.1. The molecule has 1 aromatic heterocycles. The Bertz CT molecular complexity index is 683. The van der Waals surface area contributed by atoms with Gasteiger partial charge in [-0.1, -0.05) is 30.3 Å². The number of hydrogen-bond donors (Lipinski definition) is 4. The number of aromatic hydroxyl groups is 1. The smallest absolute Gasteiger partial charge is 0.243 e. The van der Waals surface area contributed by atoms with Crippen LogP contribution in [0.4, 0.5) is 0 Å². The summed E-state index contributed by atoms with van der Waals surface area (Å²) in [6.45, 7) is 0. The minimum Gasteiger partial charge on any atom is -0.493 e. The molecule has 2 atom stereocenters. The molecular formula is C15H16N4O3. The molecule has 0 saturated carbocycles. The third kappa shape index (κ3) is 3.08. The maximum absolute atomic E-state index is 12.1. The highest BCUT2D eigenvalue weighted by Gasteiger charge is 2.34. The Morgan fingerprint density at radius 3 is 2.23 bits per heavy atom. The van der Waals surface area contributed by atoms with E-state index >= 15 is 0 Å². The highest BCUT2D eigenvalue weighted by Crippen LogP contribution is 2.10. The average molecular weight is 300 g/mol. The number of nitrogens with zero attached hydrogens (tertiary/aromatic N) is 1. The lowest BCUT2D eigenvalue weighted by Gasteiger charge is -2.29. The summed E-state index contributed by atoms with van der Waals surface area (Å²) in [5.74, 6) is -0.0976. The minimum absolute atomic E-state index is 0.0699. The Hall–Kier alpha value is -2.83. The van der Waals surface area contributed by atoms with E-state index in [0.717, 1.165) is 5.56 Å².